The van der Waals surface area contributed by atoms with Crippen LogP contribution in [0.15, 0.2) is 24.3 Å². The van der Waals surface area contributed by atoms with Crippen molar-refractivity contribution in [3.8, 4) is 5.75 Å². The third-order valence-corrected chi connectivity index (χ3v) is 3.42. The third kappa shape index (κ3) is 5.10. The van der Waals surface area contributed by atoms with Gasteiger partial charge in [0.1, 0.15) is 11.9 Å². The highest BCUT2D eigenvalue weighted by atomic mass is 35.5. The number of ether oxygens (including phenoxy) is 3. The summed E-state index contributed by atoms with van der Waals surface area (Å²) in [6, 6.07) is 8.01. The lowest BCUT2D eigenvalue weighted by Crippen LogP contribution is -2.40. The summed E-state index contributed by atoms with van der Waals surface area (Å²) in [4.78, 5) is 11.3. The van der Waals surface area contributed by atoms with Crippen LogP contribution in [-0.4, -0.2) is 39.1 Å². The number of halogens is 1. The first-order valence-corrected chi connectivity index (χ1v) is 6.91. The van der Waals surface area contributed by atoms with Crippen molar-refractivity contribution in [2.75, 3.05) is 26.8 Å². The van der Waals surface area contributed by atoms with Gasteiger partial charge in [-0.15, -0.1) is 12.4 Å². The van der Waals surface area contributed by atoms with E-state index in [4.69, 9.17) is 14.2 Å². The van der Waals surface area contributed by atoms with E-state index in [1.165, 1.54) is 5.56 Å². The molecule has 118 valence electrons. The van der Waals surface area contributed by atoms with Crippen LogP contribution in [0.3, 0.4) is 0 Å². The number of piperidine rings is 1. The molecule has 0 bridgehead atoms. The molecule has 2 atom stereocenters. The van der Waals surface area contributed by atoms with E-state index in [2.05, 4.69) is 17.4 Å². The zero-order valence-corrected chi connectivity index (χ0v) is 13.2. The Hall–Kier alpha value is -1.46. The minimum absolute atomic E-state index is 0. The maximum absolute atomic E-state index is 11.3. The number of methoxy groups -OCH3 is 1. The summed E-state index contributed by atoms with van der Waals surface area (Å²) in [5.74, 6) is 1.17. The second-order valence-electron chi connectivity index (χ2n) is 4.79. The van der Waals surface area contributed by atoms with Gasteiger partial charge < -0.3 is 19.5 Å². The minimum atomic E-state index is -0.588. The molecule has 1 aromatic carbocycles. The molecule has 2 unspecified atom stereocenters. The normalized spacial score (nSPS) is 21.0. The molecule has 6 heteroatoms. The van der Waals surface area contributed by atoms with E-state index in [0.29, 0.717) is 19.1 Å². The summed E-state index contributed by atoms with van der Waals surface area (Å²) >= 11 is 0. The minimum Gasteiger partial charge on any atom is -0.497 e. The molecule has 1 saturated heterocycles. The van der Waals surface area contributed by atoms with Crippen molar-refractivity contribution in [1.82, 2.24) is 5.32 Å². The standard InChI is InChI=1S/C15H21NO4.ClH/c1-3-19-15(17)20-14-8-12(9-16-10-14)11-4-6-13(18-2)7-5-11;/h4-7,12,14,16H,3,8-10H2,1-2H3;1H. The lowest BCUT2D eigenvalue weighted by molar-refractivity contribution is 0.0157. The highest BCUT2D eigenvalue weighted by Crippen LogP contribution is 2.26. The van der Waals surface area contributed by atoms with Gasteiger partial charge in [0.05, 0.1) is 13.7 Å². The van der Waals surface area contributed by atoms with Crippen molar-refractivity contribution < 1.29 is 19.0 Å². The van der Waals surface area contributed by atoms with Gasteiger partial charge >= 0.3 is 6.16 Å². The SMILES string of the molecule is CCOC(=O)OC1CNCC(c2ccc(OC)cc2)C1.Cl. The predicted molar refractivity (Wildman–Crippen MR) is 82.4 cm³/mol. The van der Waals surface area contributed by atoms with Gasteiger partial charge in [0, 0.05) is 13.1 Å². The number of hydrogen-bond acceptors (Lipinski definition) is 5. The van der Waals surface area contributed by atoms with E-state index in [0.717, 1.165) is 18.7 Å². The number of rotatable bonds is 4. The molecular formula is C15H22ClNO4. The van der Waals surface area contributed by atoms with E-state index < -0.39 is 6.16 Å². The summed E-state index contributed by atoms with van der Waals surface area (Å²) in [6.07, 6.45) is 0.0718. The first-order chi connectivity index (χ1) is 9.72. The highest BCUT2D eigenvalue weighted by Gasteiger charge is 2.26. The molecule has 1 N–H and O–H groups in total. The Bertz CT molecular complexity index is 438. The number of carbonyl (C=O) groups excluding carboxylic acids is 1. The Kier molecular flexibility index (Phi) is 7.32. The molecule has 1 aliphatic heterocycles. The average molecular weight is 316 g/mol. The maximum atomic E-state index is 11.3. The lowest BCUT2D eigenvalue weighted by atomic mass is 9.90. The molecule has 5 nitrogen and oxygen atoms in total. The van der Waals surface area contributed by atoms with Gasteiger partial charge in [0.15, 0.2) is 0 Å². The van der Waals surface area contributed by atoms with Gasteiger partial charge in [-0.2, -0.15) is 0 Å². The van der Waals surface area contributed by atoms with Crippen molar-refractivity contribution in [1.29, 1.82) is 0 Å². The Labute approximate surface area is 131 Å². The number of hydrogen-bond donors (Lipinski definition) is 1. The molecular weight excluding hydrogens is 294 g/mol. The quantitative estimate of drug-likeness (QED) is 0.866. The Morgan fingerprint density at radius 2 is 2.00 bits per heavy atom. The molecule has 0 spiro atoms. The van der Waals surface area contributed by atoms with E-state index in [1.807, 2.05) is 12.1 Å². The van der Waals surface area contributed by atoms with Crippen LogP contribution in [0.4, 0.5) is 4.79 Å². The zero-order chi connectivity index (χ0) is 14.4. The smallest absolute Gasteiger partial charge is 0.497 e. The molecule has 0 radical (unpaired) electrons. The summed E-state index contributed by atoms with van der Waals surface area (Å²) in [5.41, 5.74) is 1.22. The Morgan fingerprint density at radius 3 is 2.62 bits per heavy atom. The van der Waals surface area contributed by atoms with Crippen LogP contribution < -0.4 is 10.1 Å². The van der Waals surface area contributed by atoms with E-state index in [1.54, 1.807) is 14.0 Å². The molecule has 0 saturated carbocycles. The molecule has 0 aliphatic carbocycles. The molecule has 1 aliphatic rings. The van der Waals surface area contributed by atoms with Gasteiger partial charge in [0.2, 0.25) is 0 Å². The number of carbonyl (C=O) groups is 1. The number of nitrogens with one attached hydrogen (secondary N) is 1. The van der Waals surface area contributed by atoms with Crippen LogP contribution in [0.2, 0.25) is 0 Å². The van der Waals surface area contributed by atoms with Gasteiger partial charge in [0.25, 0.3) is 0 Å². The van der Waals surface area contributed by atoms with Crippen molar-refractivity contribution in [2.24, 2.45) is 0 Å². The Morgan fingerprint density at radius 1 is 1.29 bits per heavy atom. The zero-order valence-electron chi connectivity index (χ0n) is 12.3. The van der Waals surface area contributed by atoms with E-state index in [9.17, 15) is 4.79 Å². The maximum Gasteiger partial charge on any atom is 0.508 e. The van der Waals surface area contributed by atoms with Gasteiger partial charge in [-0.3, -0.25) is 0 Å². The van der Waals surface area contributed by atoms with Gasteiger partial charge in [-0.25, -0.2) is 4.79 Å². The summed E-state index contributed by atoms with van der Waals surface area (Å²) in [5, 5.41) is 3.30. The van der Waals surface area contributed by atoms with Crippen molar-refractivity contribution in [3.05, 3.63) is 29.8 Å². The van der Waals surface area contributed by atoms with Crippen LogP contribution in [-0.2, 0) is 9.47 Å². The molecule has 0 amide bonds. The Balaban J connectivity index is 0.00000220. The first-order valence-electron chi connectivity index (χ1n) is 6.91. The summed E-state index contributed by atoms with van der Waals surface area (Å²) < 4.78 is 15.2. The van der Waals surface area contributed by atoms with Crippen LogP contribution >= 0.6 is 12.4 Å². The molecule has 2 rings (SSSR count). The van der Waals surface area contributed by atoms with Crippen molar-refractivity contribution in [3.63, 3.8) is 0 Å². The van der Waals surface area contributed by atoms with Crippen LogP contribution in [0, 0.1) is 0 Å². The fourth-order valence-electron chi connectivity index (χ4n) is 2.41. The molecule has 1 heterocycles. The first kappa shape index (κ1) is 17.6. The second kappa shape index (κ2) is 8.74. The largest absolute Gasteiger partial charge is 0.508 e. The molecule has 1 fully saturated rings. The summed E-state index contributed by atoms with van der Waals surface area (Å²) in [6.45, 7) is 3.65. The molecule has 0 aromatic heterocycles. The van der Waals surface area contributed by atoms with Crippen LogP contribution in [0.5, 0.6) is 5.75 Å². The van der Waals surface area contributed by atoms with E-state index in [-0.39, 0.29) is 18.5 Å². The van der Waals surface area contributed by atoms with E-state index >= 15 is 0 Å². The molecule has 1 aromatic rings. The van der Waals surface area contributed by atoms with Crippen molar-refractivity contribution >= 4 is 18.6 Å². The fourth-order valence-corrected chi connectivity index (χ4v) is 2.41. The van der Waals surface area contributed by atoms with Crippen LogP contribution in [0.1, 0.15) is 24.8 Å². The fraction of sp³-hybridized carbons (Fsp3) is 0.533. The third-order valence-electron chi connectivity index (χ3n) is 3.42. The van der Waals surface area contributed by atoms with Gasteiger partial charge in [-0.05, 0) is 37.0 Å². The average Bonchev–Trinajstić information content (AvgIpc) is 2.48. The summed E-state index contributed by atoms with van der Waals surface area (Å²) in [7, 11) is 1.65. The molecule has 21 heavy (non-hydrogen) atoms. The predicted octanol–water partition coefficient (Wildman–Crippen LogP) is 2.74. The van der Waals surface area contributed by atoms with Gasteiger partial charge in [-0.1, -0.05) is 12.1 Å². The second-order valence-corrected chi connectivity index (χ2v) is 4.79. The monoisotopic (exact) mass is 315 g/mol. The topological polar surface area (TPSA) is 56.8 Å². The van der Waals surface area contributed by atoms with Crippen molar-refractivity contribution in [2.45, 2.75) is 25.4 Å². The number of benzene rings is 1. The lowest BCUT2D eigenvalue weighted by Gasteiger charge is -2.29. The highest BCUT2D eigenvalue weighted by molar-refractivity contribution is 5.85. The van der Waals surface area contributed by atoms with Crippen LogP contribution in [0.25, 0.3) is 0 Å².